The van der Waals surface area contributed by atoms with Gasteiger partial charge < -0.3 is 15.4 Å². The number of fused-ring (bicyclic) bond motifs is 1. The van der Waals surface area contributed by atoms with E-state index in [0.717, 1.165) is 48.1 Å². The minimum atomic E-state index is -0.0399. The van der Waals surface area contributed by atoms with Crippen LogP contribution in [0, 0.1) is 5.92 Å². The summed E-state index contributed by atoms with van der Waals surface area (Å²) in [6.45, 7) is 6.27. The first-order chi connectivity index (χ1) is 12.2. The van der Waals surface area contributed by atoms with Crippen molar-refractivity contribution in [3.8, 4) is 0 Å². The maximum Gasteiger partial charge on any atom is 0.251 e. The Kier molecular flexibility index (Phi) is 6.04. The number of ether oxygens (including phenoxy) is 1. The number of methoxy groups -OCH3 is 1. The normalized spacial score (nSPS) is 15.6. The maximum absolute atomic E-state index is 12.5. The third-order valence-electron chi connectivity index (χ3n) is 4.94. The van der Waals surface area contributed by atoms with Gasteiger partial charge in [0, 0.05) is 37.3 Å². The molecule has 0 aliphatic carbocycles. The van der Waals surface area contributed by atoms with Gasteiger partial charge in [-0.25, -0.2) is 0 Å². The van der Waals surface area contributed by atoms with Gasteiger partial charge >= 0.3 is 0 Å². The Morgan fingerprint density at radius 3 is 2.92 bits per heavy atom. The largest absolute Gasteiger partial charge is 0.383 e. The summed E-state index contributed by atoms with van der Waals surface area (Å²) in [5.74, 6) is 0.638. The topological polar surface area (TPSA) is 68.2 Å². The first-order valence-electron chi connectivity index (χ1n) is 9.19. The van der Waals surface area contributed by atoms with Crippen molar-refractivity contribution in [1.29, 1.82) is 0 Å². The van der Waals surface area contributed by atoms with Gasteiger partial charge in [-0.1, -0.05) is 6.92 Å². The fraction of sp³-hybridized carbons (Fsp3) is 0.579. The Labute approximate surface area is 148 Å². The van der Waals surface area contributed by atoms with E-state index in [1.54, 1.807) is 7.11 Å². The van der Waals surface area contributed by atoms with E-state index in [4.69, 9.17) is 9.84 Å². The predicted octanol–water partition coefficient (Wildman–Crippen LogP) is 1.97. The van der Waals surface area contributed by atoms with Gasteiger partial charge in [-0.2, -0.15) is 5.10 Å². The fourth-order valence-electron chi connectivity index (χ4n) is 3.58. The number of hydrogen-bond acceptors (Lipinski definition) is 4. The second-order valence-corrected chi connectivity index (χ2v) is 6.67. The molecule has 0 saturated carbocycles. The van der Waals surface area contributed by atoms with E-state index in [1.165, 1.54) is 12.8 Å². The van der Waals surface area contributed by atoms with Crippen LogP contribution in [-0.2, 0) is 17.7 Å². The third kappa shape index (κ3) is 4.19. The van der Waals surface area contributed by atoms with Crippen LogP contribution in [0.25, 0.3) is 10.9 Å². The number of nitrogens with zero attached hydrogens (tertiary/aromatic N) is 2. The van der Waals surface area contributed by atoms with E-state index < -0.39 is 0 Å². The van der Waals surface area contributed by atoms with Gasteiger partial charge in [0.15, 0.2) is 0 Å². The van der Waals surface area contributed by atoms with Crippen molar-refractivity contribution in [2.45, 2.75) is 32.7 Å². The average Bonchev–Trinajstić information content (AvgIpc) is 3.04. The zero-order valence-electron chi connectivity index (χ0n) is 15.2. The molecule has 25 heavy (non-hydrogen) atoms. The fourth-order valence-corrected chi connectivity index (χ4v) is 3.58. The summed E-state index contributed by atoms with van der Waals surface area (Å²) in [6.07, 6.45) is 5.32. The second kappa shape index (κ2) is 8.45. The summed E-state index contributed by atoms with van der Waals surface area (Å²) in [5.41, 5.74) is 2.79. The average molecular weight is 344 g/mol. The molecule has 0 radical (unpaired) electrons. The van der Waals surface area contributed by atoms with E-state index >= 15 is 0 Å². The zero-order chi connectivity index (χ0) is 17.6. The molecule has 136 valence electrons. The van der Waals surface area contributed by atoms with Crippen LogP contribution < -0.4 is 10.6 Å². The van der Waals surface area contributed by atoms with Crippen molar-refractivity contribution < 1.29 is 9.53 Å². The van der Waals surface area contributed by atoms with Gasteiger partial charge in [0.05, 0.1) is 12.1 Å². The molecule has 1 aliphatic heterocycles. The van der Waals surface area contributed by atoms with Crippen LogP contribution >= 0.6 is 0 Å². The molecule has 6 heteroatoms. The summed E-state index contributed by atoms with van der Waals surface area (Å²) in [6, 6.07) is 3.85. The maximum atomic E-state index is 12.5. The molecule has 0 atom stereocenters. The van der Waals surface area contributed by atoms with Gasteiger partial charge in [-0.3, -0.25) is 9.48 Å². The SMILES string of the molecule is CCc1c(C(=O)NCCOC)ccc2nn(CC3CCNCC3)cc12. The lowest BCUT2D eigenvalue weighted by Crippen LogP contribution is -2.29. The molecule has 2 N–H and O–H groups in total. The molecule has 1 saturated heterocycles. The number of benzene rings is 1. The van der Waals surface area contributed by atoms with Gasteiger partial charge in [0.2, 0.25) is 0 Å². The highest BCUT2D eigenvalue weighted by Gasteiger charge is 2.17. The molecule has 0 unspecified atom stereocenters. The number of nitrogens with one attached hydrogen (secondary N) is 2. The van der Waals surface area contributed by atoms with Crippen LogP contribution in [0.2, 0.25) is 0 Å². The molecule has 2 aromatic rings. The van der Waals surface area contributed by atoms with Gasteiger partial charge in [0.1, 0.15) is 0 Å². The molecule has 0 bridgehead atoms. The van der Waals surface area contributed by atoms with E-state index in [0.29, 0.717) is 19.1 Å². The Bertz CT molecular complexity index is 720. The number of aryl methyl sites for hydroxylation is 1. The highest BCUT2D eigenvalue weighted by atomic mass is 16.5. The highest BCUT2D eigenvalue weighted by Crippen LogP contribution is 2.24. The first-order valence-corrected chi connectivity index (χ1v) is 9.19. The van der Waals surface area contributed by atoms with E-state index in [-0.39, 0.29) is 5.91 Å². The van der Waals surface area contributed by atoms with Crippen LogP contribution in [0.4, 0.5) is 0 Å². The van der Waals surface area contributed by atoms with Crippen LogP contribution in [0.1, 0.15) is 35.7 Å². The van der Waals surface area contributed by atoms with Crippen molar-refractivity contribution in [1.82, 2.24) is 20.4 Å². The Morgan fingerprint density at radius 1 is 1.40 bits per heavy atom. The monoisotopic (exact) mass is 344 g/mol. The van der Waals surface area contributed by atoms with E-state index in [1.807, 2.05) is 12.1 Å². The third-order valence-corrected chi connectivity index (χ3v) is 4.94. The minimum Gasteiger partial charge on any atom is -0.383 e. The number of hydrogen-bond donors (Lipinski definition) is 2. The van der Waals surface area contributed by atoms with Crippen LogP contribution in [0.3, 0.4) is 0 Å². The zero-order valence-corrected chi connectivity index (χ0v) is 15.2. The van der Waals surface area contributed by atoms with Crippen molar-refractivity contribution in [3.05, 3.63) is 29.5 Å². The van der Waals surface area contributed by atoms with Crippen molar-refractivity contribution in [3.63, 3.8) is 0 Å². The van der Waals surface area contributed by atoms with Crippen LogP contribution in [0.15, 0.2) is 18.3 Å². The van der Waals surface area contributed by atoms with Crippen molar-refractivity contribution in [2.75, 3.05) is 33.4 Å². The standard InChI is InChI=1S/C19H28N4O2/c1-3-15-16(19(24)21-10-11-25-2)4-5-18-17(15)13-23(22-18)12-14-6-8-20-9-7-14/h4-5,13-14,20H,3,6-12H2,1-2H3,(H,21,24). The predicted molar refractivity (Wildman–Crippen MR) is 98.9 cm³/mol. The lowest BCUT2D eigenvalue weighted by atomic mass is 9.98. The molecular formula is C19H28N4O2. The summed E-state index contributed by atoms with van der Waals surface area (Å²) < 4.78 is 7.06. The number of rotatable bonds is 7. The summed E-state index contributed by atoms with van der Waals surface area (Å²) >= 11 is 0. The molecule has 1 aromatic heterocycles. The highest BCUT2D eigenvalue weighted by molar-refractivity contribution is 6.00. The molecule has 1 amide bonds. The van der Waals surface area contributed by atoms with Crippen LogP contribution in [-0.4, -0.2) is 49.0 Å². The molecule has 2 heterocycles. The number of carbonyl (C=O) groups excluding carboxylic acids is 1. The smallest absolute Gasteiger partial charge is 0.251 e. The molecule has 0 spiro atoms. The van der Waals surface area contributed by atoms with Gasteiger partial charge in [-0.05, 0) is 56.0 Å². The quantitative estimate of drug-likeness (QED) is 0.754. The summed E-state index contributed by atoms with van der Waals surface area (Å²) in [4.78, 5) is 12.5. The number of piperidine rings is 1. The van der Waals surface area contributed by atoms with E-state index in [2.05, 4.69) is 28.4 Å². The Morgan fingerprint density at radius 2 is 2.20 bits per heavy atom. The van der Waals surface area contributed by atoms with Crippen molar-refractivity contribution >= 4 is 16.8 Å². The summed E-state index contributed by atoms with van der Waals surface area (Å²) in [7, 11) is 1.63. The Balaban J connectivity index is 1.81. The lowest BCUT2D eigenvalue weighted by molar-refractivity contribution is 0.0936. The van der Waals surface area contributed by atoms with Gasteiger partial charge in [-0.15, -0.1) is 0 Å². The van der Waals surface area contributed by atoms with Crippen LogP contribution in [0.5, 0.6) is 0 Å². The lowest BCUT2D eigenvalue weighted by Gasteiger charge is -2.22. The van der Waals surface area contributed by atoms with Crippen molar-refractivity contribution in [2.24, 2.45) is 5.92 Å². The molecule has 1 aromatic carbocycles. The Hall–Kier alpha value is -1.92. The molecule has 3 rings (SSSR count). The number of aromatic nitrogens is 2. The first kappa shape index (κ1) is 17.9. The van der Waals surface area contributed by atoms with Gasteiger partial charge in [0.25, 0.3) is 5.91 Å². The molecular weight excluding hydrogens is 316 g/mol. The molecule has 1 fully saturated rings. The van der Waals surface area contributed by atoms with E-state index in [9.17, 15) is 4.79 Å². The molecule has 6 nitrogen and oxygen atoms in total. The summed E-state index contributed by atoms with van der Waals surface area (Å²) in [5, 5.41) is 12.1. The number of carbonyl (C=O) groups is 1. The molecule has 1 aliphatic rings. The second-order valence-electron chi connectivity index (χ2n) is 6.67. The minimum absolute atomic E-state index is 0.0399. The number of amides is 1.